The number of hydrogen-bond donors (Lipinski definition) is 1. The van der Waals surface area contributed by atoms with Gasteiger partial charge in [0.2, 0.25) is 0 Å². The van der Waals surface area contributed by atoms with Gasteiger partial charge >= 0.3 is 0 Å². The minimum Gasteiger partial charge on any atom is -0.361 e. The number of hydrogen-bond acceptors (Lipinski definition) is 3. The summed E-state index contributed by atoms with van der Waals surface area (Å²) < 4.78 is 5.14. The highest BCUT2D eigenvalue weighted by atomic mass is 16.5. The Kier molecular flexibility index (Phi) is 4.93. The van der Waals surface area contributed by atoms with Crippen LogP contribution in [0.15, 0.2) is 28.8 Å². The largest absolute Gasteiger partial charge is 0.361 e. The molecule has 0 bridgehead atoms. The molecule has 4 nitrogen and oxygen atoms in total. The molecule has 0 saturated carbocycles. The summed E-state index contributed by atoms with van der Waals surface area (Å²) in [7, 11) is 0. The maximum Gasteiger partial charge on any atom is 0.257 e. The molecule has 0 aliphatic heterocycles. The number of aryl methyl sites for hydroxylation is 2. The van der Waals surface area contributed by atoms with E-state index in [1.165, 1.54) is 5.56 Å². The van der Waals surface area contributed by atoms with E-state index in [4.69, 9.17) is 4.52 Å². The van der Waals surface area contributed by atoms with Crippen molar-refractivity contribution in [2.24, 2.45) is 0 Å². The zero-order valence-electron chi connectivity index (χ0n) is 14.9. The van der Waals surface area contributed by atoms with E-state index in [2.05, 4.69) is 55.5 Å². The lowest BCUT2D eigenvalue weighted by molar-refractivity contribution is 0.0937. The molecular formula is C19H26N2O2. The SMILES string of the molecule is CCc1noc(C)c1C(=O)NC(C)c1ccc(C(C)(C)C)cc1. The molecule has 2 rings (SSSR count). The van der Waals surface area contributed by atoms with Crippen molar-refractivity contribution < 1.29 is 9.32 Å². The van der Waals surface area contributed by atoms with Gasteiger partial charge in [-0.25, -0.2) is 0 Å². The summed E-state index contributed by atoms with van der Waals surface area (Å²) in [5, 5.41) is 6.97. The minimum absolute atomic E-state index is 0.0736. The first-order chi connectivity index (χ1) is 10.7. The van der Waals surface area contributed by atoms with Crippen molar-refractivity contribution in [3.63, 3.8) is 0 Å². The quantitative estimate of drug-likeness (QED) is 0.913. The first-order valence-electron chi connectivity index (χ1n) is 8.10. The van der Waals surface area contributed by atoms with Crippen LogP contribution in [0.2, 0.25) is 0 Å². The van der Waals surface area contributed by atoms with Gasteiger partial charge in [0.15, 0.2) is 0 Å². The van der Waals surface area contributed by atoms with Crippen molar-refractivity contribution in [1.82, 2.24) is 10.5 Å². The number of nitrogens with one attached hydrogen (secondary N) is 1. The Morgan fingerprint density at radius 2 is 1.87 bits per heavy atom. The Hall–Kier alpha value is -2.10. The number of aromatic nitrogens is 1. The van der Waals surface area contributed by atoms with Crippen LogP contribution in [0.5, 0.6) is 0 Å². The van der Waals surface area contributed by atoms with Gasteiger partial charge in [0, 0.05) is 0 Å². The van der Waals surface area contributed by atoms with Crippen molar-refractivity contribution in [3.8, 4) is 0 Å². The monoisotopic (exact) mass is 314 g/mol. The molecule has 0 fully saturated rings. The molecule has 1 aromatic heterocycles. The van der Waals surface area contributed by atoms with E-state index in [1.807, 2.05) is 13.8 Å². The minimum atomic E-state index is -0.131. The van der Waals surface area contributed by atoms with Gasteiger partial charge in [-0.2, -0.15) is 0 Å². The summed E-state index contributed by atoms with van der Waals surface area (Å²) in [5.74, 6) is 0.433. The molecule has 0 aliphatic carbocycles. The topological polar surface area (TPSA) is 55.1 Å². The number of carbonyl (C=O) groups excluding carboxylic acids is 1. The van der Waals surface area contributed by atoms with Crippen LogP contribution < -0.4 is 5.32 Å². The standard InChI is InChI=1S/C19H26N2O2/c1-7-16-17(13(3)23-21-16)18(22)20-12(2)14-8-10-15(11-9-14)19(4,5)6/h8-12H,7H2,1-6H3,(H,20,22). The second kappa shape index (κ2) is 6.57. The summed E-state index contributed by atoms with van der Waals surface area (Å²) in [5.41, 5.74) is 3.75. The van der Waals surface area contributed by atoms with Gasteiger partial charge in [-0.1, -0.05) is 57.1 Å². The van der Waals surface area contributed by atoms with Crippen LogP contribution in [-0.4, -0.2) is 11.1 Å². The molecule has 1 amide bonds. The van der Waals surface area contributed by atoms with E-state index in [-0.39, 0.29) is 17.4 Å². The fourth-order valence-electron chi connectivity index (χ4n) is 2.57. The van der Waals surface area contributed by atoms with Gasteiger partial charge in [-0.3, -0.25) is 4.79 Å². The third kappa shape index (κ3) is 3.81. The lowest BCUT2D eigenvalue weighted by Gasteiger charge is -2.20. The molecule has 0 radical (unpaired) electrons. The van der Waals surface area contributed by atoms with Crippen molar-refractivity contribution in [2.75, 3.05) is 0 Å². The van der Waals surface area contributed by atoms with Crippen LogP contribution in [0.1, 0.15) is 73.6 Å². The Morgan fingerprint density at radius 1 is 1.26 bits per heavy atom. The third-order valence-electron chi connectivity index (χ3n) is 4.12. The average molecular weight is 314 g/mol. The number of nitrogens with zero attached hydrogens (tertiary/aromatic N) is 1. The number of carbonyl (C=O) groups is 1. The van der Waals surface area contributed by atoms with Crippen LogP contribution >= 0.6 is 0 Å². The maximum atomic E-state index is 12.5. The van der Waals surface area contributed by atoms with E-state index >= 15 is 0 Å². The molecule has 124 valence electrons. The van der Waals surface area contributed by atoms with Gasteiger partial charge in [0.25, 0.3) is 5.91 Å². The molecule has 4 heteroatoms. The molecule has 1 unspecified atom stereocenters. The van der Waals surface area contributed by atoms with Gasteiger partial charge in [-0.15, -0.1) is 0 Å². The fourth-order valence-corrected chi connectivity index (χ4v) is 2.57. The molecule has 1 atom stereocenters. The molecule has 1 aromatic carbocycles. The molecule has 0 aliphatic rings. The predicted molar refractivity (Wildman–Crippen MR) is 91.6 cm³/mol. The maximum absolute atomic E-state index is 12.5. The van der Waals surface area contributed by atoms with E-state index in [0.29, 0.717) is 23.4 Å². The Bertz CT molecular complexity index is 678. The molecule has 0 saturated heterocycles. The predicted octanol–water partition coefficient (Wildman–Crippen LogP) is 4.33. The number of rotatable bonds is 4. The van der Waals surface area contributed by atoms with Crippen molar-refractivity contribution in [3.05, 3.63) is 52.4 Å². The average Bonchev–Trinajstić information content (AvgIpc) is 2.87. The van der Waals surface area contributed by atoms with Crippen molar-refractivity contribution in [2.45, 2.75) is 59.4 Å². The van der Waals surface area contributed by atoms with Gasteiger partial charge in [0.05, 0.1) is 11.7 Å². The Balaban J connectivity index is 2.14. The lowest BCUT2D eigenvalue weighted by Crippen LogP contribution is -2.27. The summed E-state index contributed by atoms with van der Waals surface area (Å²) in [6.07, 6.45) is 0.675. The highest BCUT2D eigenvalue weighted by Crippen LogP contribution is 2.24. The second-order valence-electron chi connectivity index (χ2n) is 6.98. The van der Waals surface area contributed by atoms with Gasteiger partial charge in [0.1, 0.15) is 11.3 Å². The zero-order valence-corrected chi connectivity index (χ0v) is 14.9. The molecule has 0 spiro atoms. The Morgan fingerprint density at radius 3 is 2.39 bits per heavy atom. The van der Waals surface area contributed by atoms with Gasteiger partial charge in [-0.05, 0) is 36.8 Å². The normalized spacial score (nSPS) is 13.0. The van der Waals surface area contributed by atoms with Crippen molar-refractivity contribution >= 4 is 5.91 Å². The summed E-state index contributed by atoms with van der Waals surface area (Å²) in [6, 6.07) is 8.33. The second-order valence-corrected chi connectivity index (χ2v) is 6.98. The van der Waals surface area contributed by atoms with Crippen molar-refractivity contribution in [1.29, 1.82) is 0 Å². The smallest absolute Gasteiger partial charge is 0.257 e. The van der Waals surface area contributed by atoms with Crippen LogP contribution in [0.3, 0.4) is 0 Å². The summed E-state index contributed by atoms with van der Waals surface area (Å²) in [6.45, 7) is 12.3. The van der Waals surface area contributed by atoms with Gasteiger partial charge < -0.3 is 9.84 Å². The summed E-state index contributed by atoms with van der Waals surface area (Å²) >= 11 is 0. The summed E-state index contributed by atoms with van der Waals surface area (Å²) in [4.78, 5) is 12.5. The number of amides is 1. The molecular weight excluding hydrogens is 288 g/mol. The zero-order chi connectivity index (χ0) is 17.2. The van der Waals surface area contributed by atoms with E-state index in [1.54, 1.807) is 6.92 Å². The highest BCUT2D eigenvalue weighted by molar-refractivity contribution is 5.96. The van der Waals surface area contributed by atoms with E-state index < -0.39 is 0 Å². The fraction of sp³-hybridized carbons (Fsp3) is 0.474. The molecule has 23 heavy (non-hydrogen) atoms. The van der Waals surface area contributed by atoms with E-state index in [9.17, 15) is 4.79 Å². The first-order valence-corrected chi connectivity index (χ1v) is 8.10. The Labute approximate surface area is 138 Å². The molecule has 2 aromatic rings. The highest BCUT2D eigenvalue weighted by Gasteiger charge is 2.21. The van der Waals surface area contributed by atoms with Crippen LogP contribution in [0.25, 0.3) is 0 Å². The van der Waals surface area contributed by atoms with Crippen LogP contribution in [0.4, 0.5) is 0 Å². The number of benzene rings is 1. The lowest BCUT2D eigenvalue weighted by atomic mass is 9.86. The molecule has 1 heterocycles. The third-order valence-corrected chi connectivity index (χ3v) is 4.12. The van der Waals surface area contributed by atoms with Crippen LogP contribution in [0, 0.1) is 6.92 Å². The first kappa shape index (κ1) is 17.3. The van der Waals surface area contributed by atoms with E-state index in [0.717, 1.165) is 5.56 Å². The molecule has 1 N–H and O–H groups in total. The van der Waals surface area contributed by atoms with Crippen LogP contribution in [-0.2, 0) is 11.8 Å².